The highest BCUT2D eigenvalue weighted by Gasteiger charge is 2.31. The lowest BCUT2D eigenvalue weighted by atomic mass is 9.94. The molecule has 3 amide bonds. The van der Waals surface area contributed by atoms with Crippen molar-refractivity contribution in [1.82, 2.24) is 10.2 Å². The Morgan fingerprint density at radius 2 is 1.46 bits per heavy atom. The number of cyclic esters (lactones) is 1. The van der Waals surface area contributed by atoms with Crippen LogP contribution in [0.2, 0.25) is 0 Å². The fourth-order valence-corrected chi connectivity index (χ4v) is 5.77. The largest absolute Gasteiger partial charge is 0.463 e. The van der Waals surface area contributed by atoms with E-state index in [1.807, 2.05) is 109 Å². The molecule has 0 saturated heterocycles. The number of hydrogen-bond donors (Lipinski definition) is 3. The molecule has 5 rings (SSSR count). The zero-order valence-corrected chi connectivity index (χ0v) is 26.8. The van der Waals surface area contributed by atoms with Gasteiger partial charge < -0.3 is 25.4 Å². The van der Waals surface area contributed by atoms with E-state index in [0.29, 0.717) is 18.5 Å². The number of nitrogens with zero attached hydrogens (tertiary/aromatic N) is 1. The highest BCUT2D eigenvalue weighted by atomic mass is 16.5. The summed E-state index contributed by atoms with van der Waals surface area (Å²) < 4.78 is 5.69. The van der Waals surface area contributed by atoms with Crippen molar-refractivity contribution in [3.05, 3.63) is 126 Å². The van der Waals surface area contributed by atoms with E-state index in [1.54, 1.807) is 6.07 Å². The Labute approximate surface area is 280 Å². The van der Waals surface area contributed by atoms with E-state index in [4.69, 9.17) is 4.74 Å². The summed E-state index contributed by atoms with van der Waals surface area (Å²) in [6, 6.07) is 31.1. The summed E-state index contributed by atoms with van der Waals surface area (Å²) in [4.78, 5) is 55.8. The zero-order valence-electron chi connectivity index (χ0n) is 26.8. The molecule has 3 atom stereocenters. The van der Waals surface area contributed by atoms with E-state index < -0.39 is 35.7 Å². The lowest BCUT2D eigenvalue weighted by Crippen LogP contribution is -2.50. The van der Waals surface area contributed by atoms with Crippen molar-refractivity contribution in [3.8, 4) is 0 Å². The summed E-state index contributed by atoms with van der Waals surface area (Å²) in [5, 5.41) is 17.3. The molecule has 0 radical (unpaired) electrons. The SMILES string of the molecule is O=C1N[C@H](C(=O)Nc2ccc3ccccc3c2)COC(=O)[C@H](Cc2ccccc2)CC=CC[C@@H]1CC(=O)N(CCO)Cc1ccccc1. The van der Waals surface area contributed by atoms with Crippen LogP contribution in [0.15, 0.2) is 115 Å². The minimum Gasteiger partial charge on any atom is -0.463 e. The van der Waals surface area contributed by atoms with Gasteiger partial charge in [-0.05, 0) is 53.3 Å². The Morgan fingerprint density at radius 3 is 2.17 bits per heavy atom. The van der Waals surface area contributed by atoms with E-state index in [0.717, 1.165) is 21.9 Å². The maximum Gasteiger partial charge on any atom is 0.309 e. The van der Waals surface area contributed by atoms with Gasteiger partial charge in [0.05, 0.1) is 18.4 Å². The number of aliphatic hydroxyl groups is 1. The molecule has 248 valence electrons. The number of amides is 3. The third-order valence-electron chi connectivity index (χ3n) is 8.44. The molecule has 48 heavy (non-hydrogen) atoms. The monoisotopic (exact) mass is 647 g/mol. The number of anilines is 1. The summed E-state index contributed by atoms with van der Waals surface area (Å²) in [7, 11) is 0. The number of allylic oxidation sites excluding steroid dienone is 2. The normalized spacial score (nSPS) is 18.6. The van der Waals surface area contributed by atoms with Crippen LogP contribution < -0.4 is 10.6 Å². The van der Waals surface area contributed by atoms with Gasteiger partial charge in [0, 0.05) is 25.2 Å². The Hall–Kier alpha value is -5.28. The molecule has 4 aromatic rings. The van der Waals surface area contributed by atoms with Gasteiger partial charge in [0.2, 0.25) is 11.8 Å². The molecule has 9 heteroatoms. The highest BCUT2D eigenvalue weighted by molar-refractivity contribution is 5.99. The average molecular weight is 648 g/mol. The molecule has 0 saturated carbocycles. The fraction of sp³-hybridized carbons (Fsp3) is 0.282. The third-order valence-corrected chi connectivity index (χ3v) is 8.44. The quantitative estimate of drug-likeness (QED) is 0.164. The Balaban J connectivity index is 1.37. The first-order valence-corrected chi connectivity index (χ1v) is 16.3. The summed E-state index contributed by atoms with van der Waals surface area (Å²) in [6.07, 6.45) is 4.57. The van der Waals surface area contributed by atoms with Crippen LogP contribution in [0.4, 0.5) is 5.69 Å². The molecular weight excluding hydrogens is 606 g/mol. The van der Waals surface area contributed by atoms with Crippen LogP contribution in [-0.2, 0) is 36.9 Å². The van der Waals surface area contributed by atoms with Gasteiger partial charge in [0.1, 0.15) is 12.6 Å². The molecule has 1 aliphatic rings. The van der Waals surface area contributed by atoms with Crippen molar-refractivity contribution in [2.24, 2.45) is 11.8 Å². The molecule has 0 unspecified atom stereocenters. The topological polar surface area (TPSA) is 125 Å². The first-order chi connectivity index (χ1) is 23.4. The molecule has 0 bridgehead atoms. The minimum absolute atomic E-state index is 0.117. The van der Waals surface area contributed by atoms with Crippen LogP contribution in [0.1, 0.15) is 30.4 Å². The number of carbonyl (C=O) groups is 4. The second kappa shape index (κ2) is 17.0. The van der Waals surface area contributed by atoms with Gasteiger partial charge >= 0.3 is 5.97 Å². The van der Waals surface area contributed by atoms with Crippen molar-refractivity contribution in [1.29, 1.82) is 0 Å². The smallest absolute Gasteiger partial charge is 0.309 e. The summed E-state index contributed by atoms with van der Waals surface area (Å²) in [6.45, 7) is -0.186. The van der Waals surface area contributed by atoms with Crippen molar-refractivity contribution >= 4 is 40.2 Å². The summed E-state index contributed by atoms with van der Waals surface area (Å²) in [5.41, 5.74) is 2.41. The first kappa shape index (κ1) is 34.1. The van der Waals surface area contributed by atoms with Crippen LogP contribution in [0.3, 0.4) is 0 Å². The summed E-state index contributed by atoms with van der Waals surface area (Å²) in [5.74, 6) is -3.12. The van der Waals surface area contributed by atoms with Crippen molar-refractivity contribution in [2.75, 3.05) is 25.1 Å². The predicted octanol–water partition coefficient (Wildman–Crippen LogP) is 5.04. The van der Waals surface area contributed by atoms with E-state index in [9.17, 15) is 24.3 Å². The molecule has 4 aromatic carbocycles. The molecule has 0 aliphatic carbocycles. The Morgan fingerprint density at radius 1 is 0.812 bits per heavy atom. The number of esters is 1. The standard InChI is InChI=1S/C39H41N3O6/c43-22-21-42(26-29-13-5-2-6-14-29)36(44)25-32-17-9-10-18-33(23-28-11-3-1-4-12-28)39(47)48-27-35(41-37(32)45)38(46)40-34-20-19-30-15-7-8-16-31(30)24-34/h1-16,19-20,24,32-33,35,43H,17-18,21-23,25-27H2,(H,40,46)(H,41,45)/t32-,33+,35+/m1/s1. The van der Waals surface area contributed by atoms with Crippen LogP contribution in [0.5, 0.6) is 0 Å². The first-order valence-electron chi connectivity index (χ1n) is 16.3. The van der Waals surface area contributed by atoms with E-state index in [1.165, 1.54) is 4.90 Å². The van der Waals surface area contributed by atoms with Gasteiger partial charge in [-0.1, -0.05) is 103 Å². The Kier molecular flexibility index (Phi) is 12.1. The van der Waals surface area contributed by atoms with Gasteiger partial charge in [-0.3, -0.25) is 19.2 Å². The molecule has 9 nitrogen and oxygen atoms in total. The number of benzene rings is 4. The lowest BCUT2D eigenvalue weighted by Gasteiger charge is -2.26. The van der Waals surface area contributed by atoms with E-state index in [-0.39, 0.29) is 45.1 Å². The number of aliphatic hydroxyl groups excluding tert-OH is 1. The molecular formula is C39H41N3O6. The van der Waals surface area contributed by atoms with E-state index >= 15 is 0 Å². The molecule has 3 N–H and O–H groups in total. The highest BCUT2D eigenvalue weighted by Crippen LogP contribution is 2.21. The van der Waals surface area contributed by atoms with Gasteiger partial charge in [0.15, 0.2) is 0 Å². The van der Waals surface area contributed by atoms with Crippen molar-refractivity contribution in [2.45, 2.75) is 38.3 Å². The second-order valence-electron chi connectivity index (χ2n) is 12.0. The number of hydrogen-bond acceptors (Lipinski definition) is 6. The third kappa shape index (κ3) is 9.62. The fourth-order valence-electron chi connectivity index (χ4n) is 5.77. The number of rotatable bonds is 10. The van der Waals surface area contributed by atoms with E-state index in [2.05, 4.69) is 10.6 Å². The number of fused-ring (bicyclic) bond motifs is 1. The van der Waals surface area contributed by atoms with Crippen LogP contribution >= 0.6 is 0 Å². The molecule has 0 spiro atoms. The maximum absolute atomic E-state index is 13.7. The maximum atomic E-state index is 13.7. The number of carbonyl (C=O) groups excluding carboxylic acids is 4. The van der Waals surface area contributed by atoms with Crippen molar-refractivity contribution < 1.29 is 29.0 Å². The molecule has 0 aromatic heterocycles. The van der Waals surface area contributed by atoms with Crippen molar-refractivity contribution in [3.63, 3.8) is 0 Å². The lowest BCUT2D eigenvalue weighted by molar-refractivity contribution is -0.150. The van der Waals surface area contributed by atoms with Crippen LogP contribution in [0, 0.1) is 11.8 Å². The van der Waals surface area contributed by atoms with Crippen LogP contribution in [0.25, 0.3) is 10.8 Å². The molecule has 0 fully saturated rings. The predicted molar refractivity (Wildman–Crippen MR) is 185 cm³/mol. The Bertz CT molecular complexity index is 1730. The minimum atomic E-state index is -1.20. The van der Waals surface area contributed by atoms with Gasteiger partial charge in [-0.15, -0.1) is 0 Å². The summed E-state index contributed by atoms with van der Waals surface area (Å²) >= 11 is 0. The number of ether oxygens (including phenoxy) is 1. The van der Waals surface area contributed by atoms with Gasteiger partial charge in [-0.25, -0.2) is 0 Å². The zero-order chi connectivity index (χ0) is 33.7. The second-order valence-corrected chi connectivity index (χ2v) is 12.0. The van der Waals surface area contributed by atoms with Crippen LogP contribution in [-0.4, -0.2) is 59.5 Å². The molecule has 1 heterocycles. The average Bonchev–Trinajstić information content (AvgIpc) is 3.10. The number of nitrogens with one attached hydrogen (secondary N) is 2. The van der Waals surface area contributed by atoms with Gasteiger partial charge in [-0.2, -0.15) is 0 Å². The molecule has 1 aliphatic heterocycles. The van der Waals surface area contributed by atoms with Gasteiger partial charge in [0.25, 0.3) is 5.91 Å².